The number of aryl methyl sites for hydroxylation is 1. The predicted molar refractivity (Wildman–Crippen MR) is 85.9 cm³/mol. The van der Waals surface area contributed by atoms with Crippen molar-refractivity contribution in [3.8, 4) is 5.75 Å². The monoisotopic (exact) mass is 304 g/mol. The van der Waals surface area contributed by atoms with Gasteiger partial charge in [-0.1, -0.05) is 12.1 Å². The lowest BCUT2D eigenvalue weighted by Gasteiger charge is -2.23. The van der Waals surface area contributed by atoms with E-state index >= 15 is 0 Å². The van der Waals surface area contributed by atoms with Crippen LogP contribution >= 0.6 is 11.3 Å². The minimum absolute atomic E-state index is 0.0185. The molecule has 1 aromatic carbocycles. The van der Waals surface area contributed by atoms with Crippen molar-refractivity contribution >= 4 is 17.2 Å². The van der Waals surface area contributed by atoms with Gasteiger partial charge in [-0.2, -0.15) is 0 Å². The summed E-state index contributed by atoms with van der Waals surface area (Å²) >= 11 is 1.67. The van der Waals surface area contributed by atoms with Crippen LogP contribution in [0.5, 0.6) is 5.75 Å². The summed E-state index contributed by atoms with van der Waals surface area (Å²) in [6.07, 6.45) is 0. The fourth-order valence-corrected chi connectivity index (χ4v) is 3.06. The van der Waals surface area contributed by atoms with Crippen molar-refractivity contribution in [3.63, 3.8) is 0 Å². The summed E-state index contributed by atoms with van der Waals surface area (Å²) in [4.78, 5) is 15.5. The molecular weight excluding hydrogens is 284 g/mol. The molecule has 0 saturated carbocycles. The molecule has 21 heavy (non-hydrogen) atoms. The minimum Gasteiger partial charge on any atom is -0.507 e. The highest BCUT2D eigenvalue weighted by molar-refractivity contribution is 7.10. The second kappa shape index (κ2) is 6.74. The quantitative estimate of drug-likeness (QED) is 0.893. The molecule has 0 radical (unpaired) electrons. The van der Waals surface area contributed by atoms with E-state index in [9.17, 15) is 9.90 Å². The highest BCUT2D eigenvalue weighted by Crippen LogP contribution is 2.23. The van der Waals surface area contributed by atoms with Gasteiger partial charge in [0.1, 0.15) is 5.75 Å². The third-order valence-electron chi connectivity index (χ3n) is 3.35. The molecule has 1 amide bonds. The van der Waals surface area contributed by atoms with Gasteiger partial charge in [-0.05, 0) is 50.2 Å². The molecule has 1 unspecified atom stereocenters. The first kappa shape index (κ1) is 15.5. The molecule has 1 aromatic heterocycles. The van der Waals surface area contributed by atoms with E-state index in [0.717, 1.165) is 5.56 Å². The molecule has 0 spiro atoms. The maximum atomic E-state index is 12.2. The SMILES string of the molecule is Cc1ccc(C(=O)NCC(c2cccs2)N(C)C)c(O)c1. The minimum atomic E-state index is -0.254. The molecule has 0 aliphatic heterocycles. The number of phenolic OH excluding ortho intramolecular Hbond substituents is 1. The van der Waals surface area contributed by atoms with Crippen LogP contribution in [0, 0.1) is 6.92 Å². The fourth-order valence-electron chi connectivity index (χ4n) is 2.14. The molecule has 5 heteroatoms. The van der Waals surface area contributed by atoms with Crippen molar-refractivity contribution in [2.75, 3.05) is 20.6 Å². The van der Waals surface area contributed by atoms with Crippen molar-refractivity contribution in [1.82, 2.24) is 10.2 Å². The average molecular weight is 304 g/mol. The lowest BCUT2D eigenvalue weighted by atomic mass is 10.1. The van der Waals surface area contributed by atoms with E-state index in [2.05, 4.69) is 16.3 Å². The number of nitrogens with zero attached hydrogens (tertiary/aromatic N) is 1. The fraction of sp³-hybridized carbons (Fsp3) is 0.312. The summed E-state index contributed by atoms with van der Waals surface area (Å²) < 4.78 is 0. The summed E-state index contributed by atoms with van der Waals surface area (Å²) in [5, 5.41) is 14.8. The van der Waals surface area contributed by atoms with Gasteiger partial charge in [-0.3, -0.25) is 4.79 Å². The summed E-state index contributed by atoms with van der Waals surface area (Å²) in [6.45, 7) is 2.37. The van der Waals surface area contributed by atoms with Crippen LogP contribution in [0.3, 0.4) is 0 Å². The number of likely N-dealkylation sites (N-methyl/N-ethyl adjacent to an activating group) is 1. The zero-order valence-electron chi connectivity index (χ0n) is 12.5. The van der Waals surface area contributed by atoms with Crippen molar-refractivity contribution in [1.29, 1.82) is 0 Å². The number of carbonyl (C=O) groups is 1. The first-order valence-electron chi connectivity index (χ1n) is 6.76. The molecule has 0 aliphatic rings. The Morgan fingerprint density at radius 2 is 2.14 bits per heavy atom. The number of nitrogens with one attached hydrogen (secondary N) is 1. The van der Waals surface area contributed by atoms with E-state index in [1.54, 1.807) is 23.5 Å². The Hall–Kier alpha value is -1.85. The highest BCUT2D eigenvalue weighted by atomic mass is 32.1. The molecule has 112 valence electrons. The van der Waals surface area contributed by atoms with Crippen LogP contribution in [-0.4, -0.2) is 36.6 Å². The summed E-state index contributed by atoms with van der Waals surface area (Å²) in [6, 6.07) is 9.25. The third kappa shape index (κ3) is 3.83. The molecule has 2 rings (SSSR count). The maximum absolute atomic E-state index is 12.2. The van der Waals surface area contributed by atoms with Gasteiger partial charge in [-0.25, -0.2) is 0 Å². The second-order valence-electron chi connectivity index (χ2n) is 5.23. The molecule has 2 N–H and O–H groups in total. The Labute approximate surface area is 129 Å². The highest BCUT2D eigenvalue weighted by Gasteiger charge is 2.18. The Bertz CT molecular complexity index is 609. The lowest BCUT2D eigenvalue weighted by Crippen LogP contribution is -2.34. The topological polar surface area (TPSA) is 52.6 Å². The van der Waals surface area contributed by atoms with Gasteiger partial charge in [0, 0.05) is 11.4 Å². The number of amides is 1. The van der Waals surface area contributed by atoms with E-state index in [0.29, 0.717) is 12.1 Å². The molecule has 1 heterocycles. The van der Waals surface area contributed by atoms with Crippen LogP contribution in [-0.2, 0) is 0 Å². The number of aromatic hydroxyl groups is 1. The van der Waals surface area contributed by atoms with Crippen LogP contribution in [0.15, 0.2) is 35.7 Å². The number of hydrogen-bond donors (Lipinski definition) is 2. The number of thiophene rings is 1. The lowest BCUT2D eigenvalue weighted by molar-refractivity contribution is 0.0939. The van der Waals surface area contributed by atoms with Gasteiger partial charge >= 0.3 is 0 Å². The van der Waals surface area contributed by atoms with E-state index in [4.69, 9.17) is 0 Å². The van der Waals surface area contributed by atoms with Crippen LogP contribution in [0.1, 0.15) is 26.8 Å². The van der Waals surface area contributed by atoms with E-state index in [1.807, 2.05) is 38.5 Å². The Kier molecular flexibility index (Phi) is 4.98. The van der Waals surface area contributed by atoms with Crippen molar-refractivity contribution in [2.45, 2.75) is 13.0 Å². The molecule has 4 nitrogen and oxygen atoms in total. The summed E-state index contributed by atoms with van der Waals surface area (Å²) in [5.74, 6) is -0.235. The van der Waals surface area contributed by atoms with Gasteiger partial charge in [-0.15, -0.1) is 11.3 Å². The van der Waals surface area contributed by atoms with Gasteiger partial charge in [0.15, 0.2) is 0 Å². The zero-order chi connectivity index (χ0) is 15.4. The van der Waals surface area contributed by atoms with Gasteiger partial charge in [0.25, 0.3) is 5.91 Å². The molecular formula is C16H20N2O2S. The smallest absolute Gasteiger partial charge is 0.255 e. The first-order chi connectivity index (χ1) is 9.99. The Balaban J connectivity index is 2.05. The number of hydrogen-bond acceptors (Lipinski definition) is 4. The molecule has 2 aromatic rings. The van der Waals surface area contributed by atoms with E-state index in [1.165, 1.54) is 4.88 Å². The molecule has 0 aliphatic carbocycles. The van der Waals surface area contributed by atoms with Gasteiger partial charge in [0.2, 0.25) is 0 Å². The van der Waals surface area contributed by atoms with Gasteiger partial charge in [0.05, 0.1) is 11.6 Å². The number of benzene rings is 1. The second-order valence-corrected chi connectivity index (χ2v) is 6.20. The molecule has 0 fully saturated rings. The number of phenols is 1. The summed E-state index contributed by atoms with van der Waals surface area (Å²) in [7, 11) is 3.97. The Morgan fingerprint density at radius 1 is 1.38 bits per heavy atom. The van der Waals surface area contributed by atoms with Crippen molar-refractivity contribution in [2.24, 2.45) is 0 Å². The average Bonchev–Trinajstić information content (AvgIpc) is 2.92. The van der Waals surface area contributed by atoms with Crippen LogP contribution < -0.4 is 5.32 Å². The maximum Gasteiger partial charge on any atom is 0.255 e. The molecule has 0 bridgehead atoms. The van der Waals surface area contributed by atoms with Crippen LogP contribution in [0.25, 0.3) is 0 Å². The van der Waals surface area contributed by atoms with Gasteiger partial charge < -0.3 is 15.3 Å². The van der Waals surface area contributed by atoms with Crippen LogP contribution in [0.2, 0.25) is 0 Å². The van der Waals surface area contributed by atoms with Crippen LogP contribution in [0.4, 0.5) is 0 Å². The first-order valence-corrected chi connectivity index (χ1v) is 7.64. The van der Waals surface area contributed by atoms with Crippen molar-refractivity contribution < 1.29 is 9.90 Å². The normalized spacial score (nSPS) is 12.4. The van der Waals surface area contributed by atoms with E-state index in [-0.39, 0.29) is 17.7 Å². The Morgan fingerprint density at radius 3 is 2.71 bits per heavy atom. The van der Waals surface area contributed by atoms with E-state index < -0.39 is 0 Å². The number of carbonyl (C=O) groups excluding carboxylic acids is 1. The molecule has 1 atom stereocenters. The predicted octanol–water partition coefficient (Wildman–Crippen LogP) is 2.79. The largest absolute Gasteiger partial charge is 0.507 e. The number of rotatable bonds is 5. The third-order valence-corrected chi connectivity index (χ3v) is 4.32. The van der Waals surface area contributed by atoms with Crippen molar-refractivity contribution in [3.05, 3.63) is 51.7 Å². The zero-order valence-corrected chi connectivity index (χ0v) is 13.3. The molecule has 0 saturated heterocycles. The summed E-state index contributed by atoms with van der Waals surface area (Å²) in [5.41, 5.74) is 1.23. The standard InChI is InChI=1S/C16H20N2O2S/c1-11-6-7-12(14(19)9-11)16(20)17-10-13(18(2)3)15-5-4-8-21-15/h4-9,13,19H,10H2,1-3H3,(H,17,20).